The number of thiazole rings is 1. The molecule has 0 aliphatic heterocycles. The lowest BCUT2D eigenvalue weighted by atomic mass is 10.2. The van der Waals surface area contributed by atoms with Gasteiger partial charge in [0.1, 0.15) is 23.0 Å². The van der Waals surface area contributed by atoms with Crippen LogP contribution in [0, 0.1) is 18.6 Å². The van der Waals surface area contributed by atoms with Crippen molar-refractivity contribution in [3.8, 4) is 16.2 Å². The number of halogens is 2. The van der Waals surface area contributed by atoms with E-state index in [4.69, 9.17) is 10.5 Å². The zero-order valence-electron chi connectivity index (χ0n) is 13.1. The molecule has 1 aromatic carbocycles. The zero-order valence-corrected chi connectivity index (χ0v) is 13.9. The third-order valence-corrected chi connectivity index (χ3v) is 4.62. The van der Waals surface area contributed by atoms with Gasteiger partial charge in [-0.3, -0.25) is 9.78 Å². The van der Waals surface area contributed by atoms with Crippen molar-refractivity contribution in [1.82, 2.24) is 9.97 Å². The minimum atomic E-state index is -1.19. The monoisotopic (exact) mass is 361 g/mol. The van der Waals surface area contributed by atoms with Gasteiger partial charge in [-0.05, 0) is 36.8 Å². The molecule has 0 atom stereocenters. The van der Waals surface area contributed by atoms with Gasteiger partial charge < -0.3 is 10.5 Å². The summed E-state index contributed by atoms with van der Waals surface area (Å²) in [5.41, 5.74) is 5.96. The number of aryl methyl sites for hydroxylation is 1. The molecule has 0 fully saturated rings. The maximum Gasteiger partial charge on any atom is 0.254 e. The highest BCUT2D eigenvalue weighted by molar-refractivity contribution is 7.15. The molecule has 8 heteroatoms. The molecule has 0 aliphatic carbocycles. The standard InChI is InChI=1S/C17H13F2N3O2S/c1-9-16(10-4-6-21-7-5-10)25-13(22-9)8-24-12-3-2-11(18)14(15(12)19)17(20)23/h2-7H,8H2,1H3,(H2,20,23). The van der Waals surface area contributed by atoms with Gasteiger partial charge in [0.05, 0.1) is 10.6 Å². The smallest absolute Gasteiger partial charge is 0.254 e. The van der Waals surface area contributed by atoms with Gasteiger partial charge in [-0.15, -0.1) is 11.3 Å². The van der Waals surface area contributed by atoms with Gasteiger partial charge in [0.15, 0.2) is 11.6 Å². The van der Waals surface area contributed by atoms with Gasteiger partial charge in [0.25, 0.3) is 5.91 Å². The quantitative estimate of drug-likeness (QED) is 0.755. The van der Waals surface area contributed by atoms with Crippen molar-refractivity contribution >= 4 is 17.2 Å². The van der Waals surface area contributed by atoms with Gasteiger partial charge in [-0.2, -0.15) is 0 Å². The number of aromatic nitrogens is 2. The molecule has 0 unspecified atom stereocenters. The van der Waals surface area contributed by atoms with Crippen LogP contribution in [0.15, 0.2) is 36.7 Å². The number of hydrogen-bond acceptors (Lipinski definition) is 5. The van der Waals surface area contributed by atoms with E-state index in [-0.39, 0.29) is 12.4 Å². The first kappa shape index (κ1) is 17.0. The Morgan fingerprint density at radius 1 is 1.24 bits per heavy atom. The molecule has 3 aromatic rings. The molecule has 0 bridgehead atoms. The van der Waals surface area contributed by atoms with Gasteiger partial charge in [0.2, 0.25) is 0 Å². The van der Waals surface area contributed by atoms with Crippen molar-refractivity contribution in [3.63, 3.8) is 0 Å². The van der Waals surface area contributed by atoms with Crippen molar-refractivity contribution in [2.24, 2.45) is 5.73 Å². The second kappa shape index (κ2) is 6.94. The fourth-order valence-corrected chi connectivity index (χ4v) is 3.28. The molecule has 0 saturated carbocycles. The summed E-state index contributed by atoms with van der Waals surface area (Å²) in [4.78, 5) is 20.5. The first-order valence-electron chi connectivity index (χ1n) is 7.24. The second-order valence-corrected chi connectivity index (χ2v) is 6.23. The highest BCUT2D eigenvalue weighted by Gasteiger charge is 2.19. The number of primary amides is 1. The summed E-state index contributed by atoms with van der Waals surface area (Å²) in [5.74, 6) is -3.59. The molecular formula is C17H13F2N3O2S. The molecule has 0 radical (unpaired) electrons. The second-order valence-electron chi connectivity index (χ2n) is 5.15. The Bertz CT molecular complexity index is 929. The average Bonchev–Trinajstić information content (AvgIpc) is 2.95. The van der Waals surface area contributed by atoms with Gasteiger partial charge >= 0.3 is 0 Å². The van der Waals surface area contributed by atoms with Crippen LogP contribution >= 0.6 is 11.3 Å². The van der Waals surface area contributed by atoms with Crippen LogP contribution < -0.4 is 10.5 Å². The van der Waals surface area contributed by atoms with E-state index in [1.165, 1.54) is 11.3 Å². The Morgan fingerprint density at radius 2 is 1.96 bits per heavy atom. The molecule has 1 amide bonds. The van der Waals surface area contributed by atoms with Crippen LogP contribution in [0.2, 0.25) is 0 Å². The van der Waals surface area contributed by atoms with Crippen molar-refractivity contribution < 1.29 is 18.3 Å². The molecule has 128 valence electrons. The van der Waals surface area contributed by atoms with Crippen molar-refractivity contribution in [2.75, 3.05) is 0 Å². The molecule has 0 saturated heterocycles. The van der Waals surface area contributed by atoms with Crippen molar-refractivity contribution in [3.05, 3.63) is 64.6 Å². The number of pyridine rings is 1. The van der Waals surface area contributed by atoms with E-state index in [1.807, 2.05) is 19.1 Å². The summed E-state index contributed by atoms with van der Waals surface area (Å²) in [6, 6.07) is 5.78. The zero-order chi connectivity index (χ0) is 18.0. The van der Waals surface area contributed by atoms with Crippen molar-refractivity contribution in [1.29, 1.82) is 0 Å². The lowest BCUT2D eigenvalue weighted by molar-refractivity contribution is 0.0991. The van der Waals surface area contributed by atoms with E-state index in [0.29, 0.717) is 5.01 Å². The van der Waals surface area contributed by atoms with E-state index < -0.39 is 23.1 Å². The molecule has 0 aliphatic rings. The number of amides is 1. The van der Waals surface area contributed by atoms with Crippen LogP contribution in [0.25, 0.3) is 10.4 Å². The largest absolute Gasteiger partial charge is 0.483 e. The SMILES string of the molecule is Cc1nc(COc2ccc(F)c(C(N)=O)c2F)sc1-c1ccncc1. The molecule has 2 heterocycles. The number of ether oxygens (including phenoxy) is 1. The Balaban J connectivity index is 1.82. The summed E-state index contributed by atoms with van der Waals surface area (Å²) in [6.07, 6.45) is 3.37. The normalized spacial score (nSPS) is 10.7. The maximum atomic E-state index is 14.1. The summed E-state index contributed by atoms with van der Waals surface area (Å²) in [6.45, 7) is 1.84. The fourth-order valence-electron chi connectivity index (χ4n) is 2.30. The third kappa shape index (κ3) is 3.48. The molecule has 3 rings (SSSR count). The van der Waals surface area contributed by atoms with Crippen LogP contribution in [0.3, 0.4) is 0 Å². The number of nitrogens with two attached hydrogens (primary N) is 1. The predicted octanol–water partition coefficient (Wildman–Crippen LogP) is 3.47. The van der Waals surface area contributed by atoms with E-state index in [2.05, 4.69) is 9.97 Å². The molecule has 2 N–H and O–H groups in total. The number of carbonyl (C=O) groups excluding carboxylic acids is 1. The van der Waals surface area contributed by atoms with Crippen LogP contribution in [0.5, 0.6) is 5.75 Å². The van der Waals surface area contributed by atoms with Crippen LogP contribution in [-0.2, 0) is 6.61 Å². The third-order valence-electron chi connectivity index (χ3n) is 3.44. The average molecular weight is 361 g/mol. The highest BCUT2D eigenvalue weighted by Crippen LogP contribution is 2.30. The topological polar surface area (TPSA) is 78.1 Å². The molecule has 5 nitrogen and oxygen atoms in total. The van der Waals surface area contributed by atoms with E-state index >= 15 is 0 Å². The Kier molecular flexibility index (Phi) is 4.71. The van der Waals surface area contributed by atoms with Crippen LogP contribution in [-0.4, -0.2) is 15.9 Å². The minimum Gasteiger partial charge on any atom is -0.483 e. The number of benzene rings is 1. The van der Waals surface area contributed by atoms with E-state index in [1.54, 1.807) is 12.4 Å². The summed E-state index contributed by atoms with van der Waals surface area (Å²) in [5, 5.41) is 0.619. The number of hydrogen-bond donors (Lipinski definition) is 1. The number of carbonyl (C=O) groups is 1. The lowest BCUT2D eigenvalue weighted by Crippen LogP contribution is -2.16. The fraction of sp³-hybridized carbons (Fsp3) is 0.118. The number of nitrogens with zero attached hydrogens (tertiary/aromatic N) is 2. The Hall–Kier alpha value is -2.87. The number of rotatable bonds is 5. The molecule has 25 heavy (non-hydrogen) atoms. The molecule has 0 spiro atoms. The maximum absolute atomic E-state index is 14.1. The summed E-state index contributed by atoms with van der Waals surface area (Å²) >= 11 is 1.40. The summed E-state index contributed by atoms with van der Waals surface area (Å²) in [7, 11) is 0. The van der Waals surface area contributed by atoms with Crippen molar-refractivity contribution in [2.45, 2.75) is 13.5 Å². The van der Waals surface area contributed by atoms with Gasteiger partial charge in [-0.25, -0.2) is 13.8 Å². The first-order chi connectivity index (χ1) is 12.0. The van der Waals surface area contributed by atoms with E-state index in [9.17, 15) is 13.6 Å². The predicted molar refractivity (Wildman–Crippen MR) is 89.3 cm³/mol. The summed E-state index contributed by atoms with van der Waals surface area (Å²) < 4.78 is 33.0. The molecular weight excluding hydrogens is 348 g/mol. The van der Waals surface area contributed by atoms with E-state index in [0.717, 1.165) is 28.3 Å². The Labute approximate surface area is 146 Å². The highest BCUT2D eigenvalue weighted by atomic mass is 32.1. The van der Waals surface area contributed by atoms with Crippen LogP contribution in [0.4, 0.5) is 8.78 Å². The Morgan fingerprint density at radius 3 is 2.64 bits per heavy atom. The minimum absolute atomic E-state index is 0.0165. The first-order valence-corrected chi connectivity index (χ1v) is 8.06. The van der Waals surface area contributed by atoms with Gasteiger partial charge in [0, 0.05) is 12.4 Å². The molecule has 2 aromatic heterocycles. The van der Waals surface area contributed by atoms with Crippen LogP contribution in [0.1, 0.15) is 21.1 Å². The lowest BCUT2D eigenvalue weighted by Gasteiger charge is -2.08. The van der Waals surface area contributed by atoms with Gasteiger partial charge in [-0.1, -0.05) is 0 Å².